The molecular weight excluding hydrogens is 550 g/mol. The molecule has 42 heavy (non-hydrogen) atoms. The van der Waals surface area contributed by atoms with Gasteiger partial charge < -0.3 is 15.0 Å². The van der Waals surface area contributed by atoms with E-state index in [0.29, 0.717) is 23.6 Å². The van der Waals surface area contributed by atoms with Crippen LogP contribution < -0.4 is 14.4 Å². The molecule has 3 aromatic carbocycles. The van der Waals surface area contributed by atoms with Crippen LogP contribution in [0, 0.1) is 6.92 Å². The smallest absolute Gasteiger partial charge is 0.244 e. The molecule has 9 heteroatoms. The van der Waals surface area contributed by atoms with Gasteiger partial charge >= 0.3 is 0 Å². The van der Waals surface area contributed by atoms with Crippen LogP contribution in [0.4, 0.5) is 5.69 Å². The molecule has 0 saturated heterocycles. The summed E-state index contributed by atoms with van der Waals surface area (Å²) in [5.41, 5.74) is 2.23. The third kappa shape index (κ3) is 8.35. The van der Waals surface area contributed by atoms with Gasteiger partial charge in [-0.05, 0) is 73.7 Å². The molecule has 0 aliphatic heterocycles. The van der Waals surface area contributed by atoms with Crippen LogP contribution in [0.2, 0.25) is 0 Å². The van der Waals surface area contributed by atoms with E-state index >= 15 is 0 Å². The summed E-state index contributed by atoms with van der Waals surface area (Å²) in [7, 11) is -3.83. The number of ether oxygens (including phenoxy) is 1. The number of nitrogens with zero attached hydrogens (tertiary/aromatic N) is 2. The van der Waals surface area contributed by atoms with Gasteiger partial charge in [0.15, 0.2) is 0 Å². The molecular formula is C33H41N3O5S. The summed E-state index contributed by atoms with van der Waals surface area (Å²) in [5, 5.41) is 3.17. The van der Waals surface area contributed by atoms with Crippen LogP contribution in [0.25, 0.3) is 0 Å². The summed E-state index contributed by atoms with van der Waals surface area (Å²) in [5.74, 6) is 0.555. The zero-order valence-electron chi connectivity index (χ0n) is 24.7. The second-order valence-corrected chi connectivity index (χ2v) is 12.8. The zero-order valence-corrected chi connectivity index (χ0v) is 25.5. The topological polar surface area (TPSA) is 96.0 Å². The zero-order chi connectivity index (χ0) is 30.1. The molecule has 1 aliphatic rings. The summed E-state index contributed by atoms with van der Waals surface area (Å²) >= 11 is 0. The summed E-state index contributed by atoms with van der Waals surface area (Å²) in [4.78, 5) is 29.1. The van der Waals surface area contributed by atoms with Crippen molar-refractivity contribution >= 4 is 27.5 Å². The first-order valence-corrected chi connectivity index (χ1v) is 16.5. The van der Waals surface area contributed by atoms with Gasteiger partial charge in [-0.3, -0.25) is 13.9 Å². The largest absolute Gasteiger partial charge is 0.457 e. The molecule has 0 unspecified atom stereocenters. The molecule has 8 nitrogen and oxygen atoms in total. The Hall–Kier alpha value is -3.85. The van der Waals surface area contributed by atoms with Gasteiger partial charge in [0.2, 0.25) is 21.8 Å². The van der Waals surface area contributed by atoms with E-state index in [-0.39, 0.29) is 18.5 Å². The van der Waals surface area contributed by atoms with Gasteiger partial charge in [-0.1, -0.05) is 68.7 Å². The Bertz CT molecular complexity index is 1440. The number of carbonyl (C=O) groups excluding carboxylic acids is 2. The van der Waals surface area contributed by atoms with E-state index in [1.807, 2.05) is 68.4 Å². The van der Waals surface area contributed by atoms with Gasteiger partial charge in [-0.15, -0.1) is 0 Å². The van der Waals surface area contributed by atoms with Crippen molar-refractivity contribution in [2.45, 2.75) is 71.0 Å². The molecule has 3 aromatic rings. The Balaban J connectivity index is 1.58. The molecule has 0 heterocycles. The van der Waals surface area contributed by atoms with Crippen molar-refractivity contribution in [1.29, 1.82) is 0 Å². The van der Waals surface area contributed by atoms with E-state index < -0.39 is 28.5 Å². The summed E-state index contributed by atoms with van der Waals surface area (Å²) in [6.07, 6.45) is 6.66. The first-order chi connectivity index (χ1) is 20.2. The number of nitrogens with one attached hydrogen (secondary N) is 1. The third-order valence-corrected chi connectivity index (χ3v) is 8.86. The third-order valence-electron chi connectivity index (χ3n) is 7.72. The van der Waals surface area contributed by atoms with Crippen molar-refractivity contribution < 1.29 is 22.7 Å². The normalized spacial score (nSPS) is 14.5. The van der Waals surface area contributed by atoms with Crippen molar-refractivity contribution in [3.63, 3.8) is 0 Å². The van der Waals surface area contributed by atoms with E-state index in [1.54, 1.807) is 24.3 Å². The number of benzene rings is 3. The van der Waals surface area contributed by atoms with E-state index in [9.17, 15) is 18.0 Å². The van der Waals surface area contributed by atoms with Crippen molar-refractivity contribution in [3.05, 3.63) is 90.0 Å². The monoisotopic (exact) mass is 591 g/mol. The molecule has 224 valence electrons. The fourth-order valence-electron chi connectivity index (χ4n) is 5.35. The number of para-hydroxylation sites is 1. The second-order valence-electron chi connectivity index (χ2n) is 10.9. The van der Waals surface area contributed by atoms with Crippen LogP contribution in [0.1, 0.15) is 56.6 Å². The highest BCUT2D eigenvalue weighted by atomic mass is 32.2. The molecule has 1 aliphatic carbocycles. The van der Waals surface area contributed by atoms with Crippen molar-refractivity contribution in [1.82, 2.24) is 10.2 Å². The van der Waals surface area contributed by atoms with Crippen molar-refractivity contribution in [2.75, 3.05) is 17.1 Å². The number of aryl methyl sites for hydroxylation is 1. The van der Waals surface area contributed by atoms with Crippen molar-refractivity contribution in [3.8, 4) is 11.5 Å². The number of amides is 2. The molecule has 4 rings (SSSR count). The Morgan fingerprint density at radius 2 is 1.52 bits per heavy atom. The minimum atomic E-state index is -3.83. The lowest BCUT2D eigenvalue weighted by Crippen LogP contribution is -2.54. The van der Waals surface area contributed by atoms with Crippen LogP contribution in [-0.2, 0) is 26.2 Å². The fourth-order valence-corrected chi connectivity index (χ4v) is 6.20. The Kier molecular flexibility index (Phi) is 10.6. The van der Waals surface area contributed by atoms with Crippen molar-refractivity contribution in [2.24, 2.45) is 0 Å². The number of hydrogen-bond donors (Lipinski definition) is 1. The average molecular weight is 592 g/mol. The quantitative estimate of drug-likeness (QED) is 0.287. The minimum Gasteiger partial charge on any atom is -0.457 e. The van der Waals surface area contributed by atoms with Crippen LogP contribution in [0.3, 0.4) is 0 Å². The van der Waals surface area contributed by atoms with E-state index in [2.05, 4.69) is 5.32 Å². The first kappa shape index (κ1) is 31.1. The standard InChI is InChI=1S/C33H41N3O5S/c1-4-31(33(38)34-27-15-7-5-8-16-27)35(23-26-14-12-11-13-25(26)2)32(37)24-36(42(3,39)40)28-19-21-30(22-20-28)41-29-17-9-6-10-18-29/h6,9-14,17-22,27,31H,4-5,7-8,15-16,23-24H2,1-3H3,(H,34,38)/t31-/m0/s1. The van der Waals surface area contributed by atoms with Gasteiger partial charge in [0.1, 0.15) is 24.1 Å². The number of rotatable bonds is 12. The Morgan fingerprint density at radius 1 is 0.905 bits per heavy atom. The molecule has 1 fully saturated rings. The maximum absolute atomic E-state index is 14.0. The molecule has 1 atom stereocenters. The molecule has 1 N–H and O–H groups in total. The predicted molar refractivity (Wildman–Crippen MR) is 166 cm³/mol. The highest BCUT2D eigenvalue weighted by Crippen LogP contribution is 2.26. The van der Waals surface area contributed by atoms with Gasteiger partial charge in [0.25, 0.3) is 0 Å². The lowest BCUT2D eigenvalue weighted by Gasteiger charge is -2.34. The first-order valence-electron chi connectivity index (χ1n) is 14.6. The second kappa shape index (κ2) is 14.4. The van der Waals surface area contributed by atoms with E-state index in [0.717, 1.165) is 47.4 Å². The molecule has 0 radical (unpaired) electrons. The maximum atomic E-state index is 14.0. The highest BCUT2D eigenvalue weighted by molar-refractivity contribution is 7.92. The van der Waals surface area contributed by atoms with Gasteiger partial charge in [-0.2, -0.15) is 0 Å². The van der Waals surface area contributed by atoms with Crippen LogP contribution in [0.5, 0.6) is 11.5 Å². The molecule has 0 bridgehead atoms. The maximum Gasteiger partial charge on any atom is 0.244 e. The Labute approximate surface area is 249 Å². The predicted octanol–water partition coefficient (Wildman–Crippen LogP) is 5.81. The van der Waals surface area contributed by atoms with Crippen LogP contribution >= 0.6 is 0 Å². The van der Waals surface area contributed by atoms with Gasteiger partial charge in [-0.25, -0.2) is 8.42 Å². The SMILES string of the molecule is CC[C@@H](C(=O)NC1CCCCC1)N(Cc1ccccc1C)C(=O)CN(c1ccc(Oc2ccccc2)cc1)S(C)(=O)=O. The van der Waals surface area contributed by atoms with Gasteiger partial charge in [0.05, 0.1) is 11.9 Å². The Morgan fingerprint density at radius 3 is 2.14 bits per heavy atom. The summed E-state index contributed by atoms with van der Waals surface area (Å²) < 4.78 is 32.8. The number of hydrogen-bond acceptors (Lipinski definition) is 5. The molecule has 1 saturated carbocycles. The molecule has 0 aromatic heterocycles. The van der Waals surface area contributed by atoms with E-state index in [4.69, 9.17) is 4.74 Å². The molecule has 0 spiro atoms. The van der Waals surface area contributed by atoms with Crippen LogP contribution in [0.15, 0.2) is 78.9 Å². The number of carbonyl (C=O) groups is 2. The summed E-state index contributed by atoms with van der Waals surface area (Å²) in [6.45, 7) is 3.60. The van der Waals surface area contributed by atoms with E-state index in [1.165, 1.54) is 11.3 Å². The number of sulfonamides is 1. The lowest BCUT2D eigenvalue weighted by molar-refractivity contribution is -0.140. The molecule has 2 amide bonds. The van der Waals surface area contributed by atoms with Gasteiger partial charge in [0, 0.05) is 12.6 Å². The highest BCUT2D eigenvalue weighted by Gasteiger charge is 2.33. The van der Waals surface area contributed by atoms with Crippen LogP contribution in [-0.4, -0.2) is 50.0 Å². The average Bonchev–Trinajstić information content (AvgIpc) is 2.97. The number of anilines is 1. The lowest BCUT2D eigenvalue weighted by atomic mass is 9.95. The fraction of sp³-hybridized carbons (Fsp3) is 0.394. The summed E-state index contributed by atoms with van der Waals surface area (Å²) in [6, 6.07) is 22.9. The minimum absolute atomic E-state index is 0.0971.